The molecule has 4 rings (SSSR count). The molecule has 1 amide bonds. The van der Waals surface area contributed by atoms with Crippen LogP contribution in [0.15, 0.2) is 73.2 Å². The average molecular weight is 358 g/mol. The second-order valence-corrected chi connectivity index (χ2v) is 6.72. The summed E-state index contributed by atoms with van der Waals surface area (Å²) in [6, 6.07) is 18.5. The lowest BCUT2D eigenvalue weighted by Crippen LogP contribution is -2.26. The lowest BCUT2D eigenvalue weighted by molar-refractivity contribution is -0.121. The number of fused-ring (bicyclic) bond motifs is 1. The normalized spacial score (nSPS) is 12.2. The van der Waals surface area contributed by atoms with E-state index in [4.69, 9.17) is 0 Å². The summed E-state index contributed by atoms with van der Waals surface area (Å²) in [7, 11) is 0. The molecule has 2 heterocycles. The summed E-state index contributed by atoms with van der Waals surface area (Å²) in [6.45, 7) is 2.43. The molecule has 0 aliphatic carbocycles. The van der Waals surface area contributed by atoms with E-state index in [2.05, 4.69) is 50.4 Å². The van der Waals surface area contributed by atoms with Crippen molar-refractivity contribution in [2.75, 3.05) is 0 Å². The number of H-pyrrole nitrogens is 1. The Morgan fingerprint density at radius 2 is 1.89 bits per heavy atom. The molecule has 0 spiro atoms. The summed E-state index contributed by atoms with van der Waals surface area (Å²) in [4.78, 5) is 12.7. The first-order chi connectivity index (χ1) is 13.2. The molecule has 5 heteroatoms. The molecule has 1 unspecified atom stereocenters. The molecule has 27 heavy (non-hydrogen) atoms. The number of aromatic nitrogens is 3. The Balaban J connectivity index is 1.60. The third-order valence-corrected chi connectivity index (χ3v) is 4.96. The largest absolute Gasteiger partial charge is 0.352 e. The molecule has 0 aliphatic rings. The van der Waals surface area contributed by atoms with Crippen LogP contribution in [0.5, 0.6) is 0 Å². The van der Waals surface area contributed by atoms with Gasteiger partial charge < -0.3 is 9.88 Å². The average Bonchev–Trinajstić information content (AvgIpc) is 3.36. The molecule has 0 saturated heterocycles. The van der Waals surface area contributed by atoms with Crippen LogP contribution in [0.1, 0.15) is 29.3 Å². The summed E-state index contributed by atoms with van der Waals surface area (Å²) < 4.78 is 2.10. The van der Waals surface area contributed by atoms with Gasteiger partial charge in [0, 0.05) is 30.2 Å². The van der Waals surface area contributed by atoms with Gasteiger partial charge in [-0.3, -0.25) is 9.89 Å². The van der Waals surface area contributed by atoms with Crippen molar-refractivity contribution in [3.05, 3.63) is 90.0 Å². The van der Waals surface area contributed by atoms with Crippen molar-refractivity contribution in [1.82, 2.24) is 20.1 Å². The molecule has 2 N–H and O–H groups in total. The summed E-state index contributed by atoms with van der Waals surface area (Å²) in [6.07, 6.45) is 6.16. The number of amides is 1. The summed E-state index contributed by atoms with van der Waals surface area (Å²) in [5, 5.41) is 12.3. The van der Waals surface area contributed by atoms with E-state index in [0.717, 1.165) is 16.8 Å². The van der Waals surface area contributed by atoms with Gasteiger partial charge in [0.1, 0.15) is 0 Å². The minimum atomic E-state index is -0.0588. The Kier molecular flexibility index (Phi) is 4.75. The highest BCUT2D eigenvalue weighted by Gasteiger charge is 2.19. The zero-order valence-corrected chi connectivity index (χ0v) is 15.2. The first kappa shape index (κ1) is 17.1. The molecule has 0 saturated carbocycles. The summed E-state index contributed by atoms with van der Waals surface area (Å²) in [5.74, 6) is 0.0160. The highest BCUT2D eigenvalue weighted by atomic mass is 16.1. The smallest absolute Gasteiger partial charge is 0.222 e. The number of rotatable bonds is 6. The van der Waals surface area contributed by atoms with E-state index in [-0.39, 0.29) is 11.9 Å². The fourth-order valence-electron chi connectivity index (χ4n) is 3.47. The van der Waals surface area contributed by atoms with E-state index < -0.39 is 0 Å². The molecule has 1 atom stereocenters. The van der Waals surface area contributed by atoms with E-state index in [1.54, 1.807) is 6.20 Å². The van der Waals surface area contributed by atoms with E-state index in [1.807, 2.05) is 43.6 Å². The SMILES string of the molecule is Cc1[nH]ncc1CNC(=O)CC(c1cccc2ccccc12)n1cccc1. The van der Waals surface area contributed by atoms with Crippen LogP contribution in [-0.4, -0.2) is 20.7 Å². The number of hydrogen-bond donors (Lipinski definition) is 2. The van der Waals surface area contributed by atoms with Crippen molar-refractivity contribution in [3.8, 4) is 0 Å². The molecule has 136 valence electrons. The van der Waals surface area contributed by atoms with Crippen molar-refractivity contribution in [2.45, 2.75) is 25.9 Å². The number of benzene rings is 2. The van der Waals surface area contributed by atoms with Gasteiger partial charge in [0.15, 0.2) is 0 Å². The second kappa shape index (κ2) is 7.50. The lowest BCUT2D eigenvalue weighted by Gasteiger charge is -2.21. The molecule has 5 nitrogen and oxygen atoms in total. The predicted octanol–water partition coefficient (Wildman–Crippen LogP) is 3.97. The van der Waals surface area contributed by atoms with Gasteiger partial charge in [0.2, 0.25) is 5.91 Å². The van der Waals surface area contributed by atoms with Gasteiger partial charge in [-0.2, -0.15) is 5.10 Å². The maximum Gasteiger partial charge on any atom is 0.222 e. The standard InChI is InChI=1S/C22H22N4O/c1-16-18(15-24-25-16)14-23-22(27)13-21(26-11-4-5-12-26)20-10-6-8-17-7-2-3-9-19(17)20/h2-12,15,21H,13-14H2,1H3,(H,23,27)(H,24,25). The molecule has 0 aliphatic heterocycles. The third kappa shape index (κ3) is 3.62. The van der Waals surface area contributed by atoms with E-state index in [1.165, 1.54) is 10.8 Å². The van der Waals surface area contributed by atoms with E-state index in [9.17, 15) is 4.79 Å². The molecular weight excluding hydrogens is 336 g/mol. The highest BCUT2D eigenvalue weighted by molar-refractivity contribution is 5.87. The fraction of sp³-hybridized carbons (Fsp3) is 0.182. The molecule has 2 aromatic heterocycles. The molecule has 4 aromatic rings. The van der Waals surface area contributed by atoms with Crippen LogP contribution in [0.2, 0.25) is 0 Å². The first-order valence-corrected chi connectivity index (χ1v) is 9.08. The van der Waals surface area contributed by atoms with Crippen LogP contribution >= 0.6 is 0 Å². The summed E-state index contributed by atoms with van der Waals surface area (Å²) >= 11 is 0. The van der Waals surface area contributed by atoms with Crippen LogP contribution in [0.25, 0.3) is 10.8 Å². The quantitative estimate of drug-likeness (QED) is 0.548. The topological polar surface area (TPSA) is 62.7 Å². The van der Waals surface area contributed by atoms with Crippen molar-refractivity contribution >= 4 is 16.7 Å². The minimum absolute atomic E-state index is 0.0160. The zero-order valence-electron chi connectivity index (χ0n) is 15.2. The first-order valence-electron chi connectivity index (χ1n) is 9.08. The lowest BCUT2D eigenvalue weighted by atomic mass is 9.96. The maximum atomic E-state index is 12.7. The maximum absolute atomic E-state index is 12.7. The monoisotopic (exact) mass is 358 g/mol. The van der Waals surface area contributed by atoms with Crippen molar-refractivity contribution < 1.29 is 4.79 Å². The molecule has 0 radical (unpaired) electrons. The number of hydrogen-bond acceptors (Lipinski definition) is 2. The number of carbonyl (C=O) groups excluding carboxylic acids is 1. The number of carbonyl (C=O) groups is 1. The van der Waals surface area contributed by atoms with Crippen LogP contribution in [0.3, 0.4) is 0 Å². The number of aromatic amines is 1. The summed E-state index contributed by atoms with van der Waals surface area (Å²) in [5.41, 5.74) is 3.14. The fourth-order valence-corrected chi connectivity index (χ4v) is 3.47. The van der Waals surface area contributed by atoms with Gasteiger partial charge in [0.05, 0.1) is 18.7 Å². The van der Waals surface area contributed by atoms with Crippen molar-refractivity contribution in [2.24, 2.45) is 0 Å². The Morgan fingerprint density at radius 1 is 1.11 bits per heavy atom. The molecule has 0 fully saturated rings. The zero-order chi connectivity index (χ0) is 18.6. The van der Waals surface area contributed by atoms with Gasteiger partial charge in [0.25, 0.3) is 0 Å². The van der Waals surface area contributed by atoms with Crippen LogP contribution in [-0.2, 0) is 11.3 Å². The van der Waals surface area contributed by atoms with Gasteiger partial charge in [-0.1, -0.05) is 42.5 Å². The van der Waals surface area contributed by atoms with E-state index in [0.29, 0.717) is 13.0 Å². The Morgan fingerprint density at radius 3 is 2.67 bits per heavy atom. The second-order valence-electron chi connectivity index (χ2n) is 6.72. The van der Waals surface area contributed by atoms with Gasteiger partial charge in [-0.25, -0.2) is 0 Å². The van der Waals surface area contributed by atoms with Gasteiger partial charge in [-0.15, -0.1) is 0 Å². The Hall–Kier alpha value is -3.34. The van der Waals surface area contributed by atoms with Crippen LogP contribution in [0, 0.1) is 6.92 Å². The Labute approximate surface area is 158 Å². The van der Waals surface area contributed by atoms with Crippen LogP contribution < -0.4 is 5.32 Å². The number of nitrogens with zero attached hydrogens (tertiary/aromatic N) is 2. The number of aryl methyl sites for hydroxylation is 1. The van der Waals surface area contributed by atoms with Gasteiger partial charge in [-0.05, 0) is 35.4 Å². The number of nitrogens with one attached hydrogen (secondary N) is 2. The molecular formula is C22H22N4O. The molecule has 0 bridgehead atoms. The Bertz CT molecular complexity index is 1040. The van der Waals surface area contributed by atoms with Crippen molar-refractivity contribution in [3.63, 3.8) is 0 Å². The van der Waals surface area contributed by atoms with Crippen LogP contribution in [0.4, 0.5) is 0 Å². The molecule has 2 aromatic carbocycles. The van der Waals surface area contributed by atoms with E-state index >= 15 is 0 Å². The van der Waals surface area contributed by atoms with Gasteiger partial charge >= 0.3 is 0 Å². The predicted molar refractivity (Wildman–Crippen MR) is 106 cm³/mol. The third-order valence-electron chi connectivity index (χ3n) is 4.96. The van der Waals surface area contributed by atoms with Crippen molar-refractivity contribution in [1.29, 1.82) is 0 Å². The highest BCUT2D eigenvalue weighted by Crippen LogP contribution is 2.29. The minimum Gasteiger partial charge on any atom is -0.352 e.